The molecule has 7 heteroatoms. The van der Waals surface area contributed by atoms with Gasteiger partial charge in [-0.15, -0.1) is 0 Å². The van der Waals surface area contributed by atoms with Crippen LogP contribution in [-0.4, -0.2) is 88.4 Å². The summed E-state index contributed by atoms with van der Waals surface area (Å²) in [5.41, 5.74) is 1.31. The highest BCUT2D eigenvalue weighted by Crippen LogP contribution is 2.27. The normalized spacial score (nSPS) is 19.9. The Bertz CT molecular complexity index is 610. The fourth-order valence-corrected chi connectivity index (χ4v) is 3.99. The molecule has 29 heavy (non-hydrogen) atoms. The average Bonchev–Trinajstić information content (AvgIpc) is 3.29. The zero-order chi connectivity index (χ0) is 20.3. The molecule has 2 N–H and O–H groups in total. The van der Waals surface area contributed by atoms with Gasteiger partial charge in [0.05, 0.1) is 32.9 Å². The van der Waals surface area contributed by atoms with Crippen molar-refractivity contribution >= 4 is 5.96 Å². The SMILES string of the molecule is CCNC(=NCC(c1ccc(OC)cc1)N1CCCC1)NCCN1CCOCC1. The smallest absolute Gasteiger partial charge is 0.191 e. The summed E-state index contributed by atoms with van der Waals surface area (Å²) in [5, 5.41) is 6.89. The van der Waals surface area contributed by atoms with Gasteiger partial charge in [0.2, 0.25) is 0 Å². The van der Waals surface area contributed by atoms with Gasteiger partial charge < -0.3 is 20.1 Å². The molecule has 0 saturated carbocycles. The van der Waals surface area contributed by atoms with Crippen LogP contribution in [0.1, 0.15) is 31.4 Å². The first-order chi connectivity index (χ1) is 14.3. The minimum Gasteiger partial charge on any atom is -0.497 e. The number of guanidine groups is 1. The lowest BCUT2D eigenvalue weighted by Crippen LogP contribution is -2.44. The Labute approximate surface area is 175 Å². The van der Waals surface area contributed by atoms with Gasteiger partial charge in [-0.05, 0) is 50.6 Å². The lowest BCUT2D eigenvalue weighted by molar-refractivity contribution is 0.0389. The summed E-state index contributed by atoms with van der Waals surface area (Å²) in [6.07, 6.45) is 2.54. The molecule has 2 heterocycles. The first-order valence-electron chi connectivity index (χ1n) is 11.0. The van der Waals surface area contributed by atoms with Gasteiger partial charge >= 0.3 is 0 Å². The van der Waals surface area contributed by atoms with Gasteiger partial charge in [0.25, 0.3) is 0 Å². The van der Waals surface area contributed by atoms with E-state index in [9.17, 15) is 0 Å². The second kappa shape index (κ2) is 12.0. The molecule has 1 aromatic rings. The van der Waals surface area contributed by atoms with Crippen molar-refractivity contribution in [1.82, 2.24) is 20.4 Å². The highest BCUT2D eigenvalue weighted by molar-refractivity contribution is 5.79. The first kappa shape index (κ1) is 21.9. The van der Waals surface area contributed by atoms with Gasteiger partial charge in [-0.1, -0.05) is 12.1 Å². The maximum Gasteiger partial charge on any atom is 0.191 e. The van der Waals surface area contributed by atoms with Crippen molar-refractivity contribution in [3.63, 3.8) is 0 Å². The number of hydrogen-bond acceptors (Lipinski definition) is 5. The number of nitrogens with one attached hydrogen (secondary N) is 2. The van der Waals surface area contributed by atoms with E-state index in [1.165, 1.54) is 18.4 Å². The zero-order valence-corrected chi connectivity index (χ0v) is 18.0. The van der Waals surface area contributed by atoms with Gasteiger partial charge in [-0.3, -0.25) is 14.8 Å². The Kier molecular flexibility index (Phi) is 9.05. The summed E-state index contributed by atoms with van der Waals surface area (Å²) in [6.45, 7) is 11.6. The van der Waals surface area contributed by atoms with Gasteiger partial charge in [0.15, 0.2) is 5.96 Å². The van der Waals surface area contributed by atoms with Gasteiger partial charge in [0.1, 0.15) is 5.75 Å². The molecule has 2 aliphatic rings. The molecule has 0 spiro atoms. The predicted molar refractivity (Wildman–Crippen MR) is 118 cm³/mol. The second-order valence-corrected chi connectivity index (χ2v) is 7.63. The third kappa shape index (κ3) is 6.87. The largest absolute Gasteiger partial charge is 0.497 e. The van der Waals surface area contributed by atoms with Crippen LogP contribution in [-0.2, 0) is 4.74 Å². The summed E-state index contributed by atoms with van der Waals surface area (Å²) in [4.78, 5) is 9.93. The standard InChI is InChI=1S/C22H37N5O2/c1-3-23-22(24-10-13-26-14-16-29-17-15-26)25-18-21(27-11-4-5-12-27)19-6-8-20(28-2)9-7-19/h6-9,21H,3-5,10-18H2,1-2H3,(H2,23,24,25). The number of benzene rings is 1. The summed E-state index contributed by atoms with van der Waals surface area (Å²) in [7, 11) is 1.71. The Morgan fingerprint density at radius 1 is 1.10 bits per heavy atom. The monoisotopic (exact) mass is 403 g/mol. The quantitative estimate of drug-likeness (QED) is 0.484. The van der Waals surface area contributed by atoms with Gasteiger partial charge in [-0.2, -0.15) is 0 Å². The summed E-state index contributed by atoms with van der Waals surface area (Å²) in [6, 6.07) is 8.76. The molecule has 1 aromatic carbocycles. The molecule has 0 radical (unpaired) electrons. The van der Waals surface area contributed by atoms with E-state index < -0.39 is 0 Å². The Morgan fingerprint density at radius 2 is 1.83 bits per heavy atom. The number of aliphatic imine (C=N–C) groups is 1. The summed E-state index contributed by atoms with van der Waals surface area (Å²) in [5.74, 6) is 1.80. The van der Waals surface area contributed by atoms with Crippen molar-refractivity contribution < 1.29 is 9.47 Å². The van der Waals surface area contributed by atoms with Crippen LogP contribution in [0.2, 0.25) is 0 Å². The van der Waals surface area contributed by atoms with E-state index >= 15 is 0 Å². The molecule has 162 valence electrons. The molecular weight excluding hydrogens is 366 g/mol. The minimum absolute atomic E-state index is 0.304. The average molecular weight is 404 g/mol. The summed E-state index contributed by atoms with van der Waals surface area (Å²) >= 11 is 0. The number of methoxy groups -OCH3 is 1. The van der Waals surface area contributed by atoms with Crippen LogP contribution in [0.4, 0.5) is 0 Å². The van der Waals surface area contributed by atoms with Crippen molar-refractivity contribution in [3.8, 4) is 5.75 Å². The van der Waals surface area contributed by atoms with E-state index in [1.54, 1.807) is 7.11 Å². The zero-order valence-electron chi connectivity index (χ0n) is 18.0. The lowest BCUT2D eigenvalue weighted by atomic mass is 10.1. The molecule has 7 nitrogen and oxygen atoms in total. The van der Waals surface area contributed by atoms with Crippen LogP contribution in [0.15, 0.2) is 29.3 Å². The molecule has 0 amide bonds. The molecule has 0 aromatic heterocycles. The number of hydrogen-bond donors (Lipinski definition) is 2. The number of nitrogens with zero attached hydrogens (tertiary/aromatic N) is 3. The van der Waals surface area contributed by atoms with Gasteiger partial charge in [0, 0.05) is 32.7 Å². The number of rotatable bonds is 9. The van der Waals surface area contributed by atoms with Crippen LogP contribution in [0.25, 0.3) is 0 Å². The number of likely N-dealkylation sites (tertiary alicyclic amines) is 1. The minimum atomic E-state index is 0.304. The van der Waals surface area contributed by atoms with Crippen molar-refractivity contribution in [2.45, 2.75) is 25.8 Å². The van der Waals surface area contributed by atoms with Crippen LogP contribution < -0.4 is 15.4 Å². The predicted octanol–water partition coefficient (Wildman–Crippen LogP) is 1.72. The van der Waals surface area contributed by atoms with Crippen LogP contribution in [0.5, 0.6) is 5.75 Å². The lowest BCUT2D eigenvalue weighted by Gasteiger charge is -2.28. The fraction of sp³-hybridized carbons (Fsp3) is 0.682. The molecule has 2 saturated heterocycles. The van der Waals surface area contributed by atoms with E-state index in [-0.39, 0.29) is 0 Å². The van der Waals surface area contributed by atoms with Crippen molar-refractivity contribution in [1.29, 1.82) is 0 Å². The van der Waals surface area contributed by atoms with Crippen LogP contribution >= 0.6 is 0 Å². The van der Waals surface area contributed by atoms with Crippen molar-refractivity contribution in [3.05, 3.63) is 29.8 Å². The molecule has 1 atom stereocenters. The van der Waals surface area contributed by atoms with Crippen molar-refractivity contribution in [2.24, 2.45) is 4.99 Å². The molecule has 0 bridgehead atoms. The highest BCUT2D eigenvalue weighted by Gasteiger charge is 2.23. The maximum absolute atomic E-state index is 5.43. The first-order valence-corrected chi connectivity index (χ1v) is 11.0. The Morgan fingerprint density at radius 3 is 2.48 bits per heavy atom. The molecule has 2 fully saturated rings. The third-order valence-electron chi connectivity index (χ3n) is 5.67. The second-order valence-electron chi connectivity index (χ2n) is 7.63. The topological polar surface area (TPSA) is 61.4 Å². The van der Waals surface area contributed by atoms with Crippen LogP contribution in [0, 0.1) is 0 Å². The molecular formula is C22H37N5O2. The molecule has 0 aliphatic carbocycles. The van der Waals surface area contributed by atoms with E-state index in [2.05, 4.69) is 39.5 Å². The van der Waals surface area contributed by atoms with Gasteiger partial charge in [-0.25, -0.2) is 0 Å². The summed E-state index contributed by atoms with van der Waals surface area (Å²) < 4.78 is 10.8. The number of ether oxygens (including phenoxy) is 2. The molecule has 2 aliphatic heterocycles. The third-order valence-corrected chi connectivity index (χ3v) is 5.67. The Hall–Kier alpha value is -1.83. The fourth-order valence-electron chi connectivity index (χ4n) is 3.99. The molecule has 3 rings (SSSR count). The number of morpholine rings is 1. The van der Waals surface area contributed by atoms with E-state index in [0.717, 1.165) is 77.3 Å². The molecule has 1 unspecified atom stereocenters. The highest BCUT2D eigenvalue weighted by atomic mass is 16.5. The maximum atomic E-state index is 5.43. The van der Waals surface area contributed by atoms with Crippen molar-refractivity contribution in [2.75, 3.05) is 72.7 Å². The van der Waals surface area contributed by atoms with E-state index in [4.69, 9.17) is 14.5 Å². The van der Waals surface area contributed by atoms with Crippen LogP contribution in [0.3, 0.4) is 0 Å². The Balaban J connectivity index is 1.60. The van der Waals surface area contributed by atoms with E-state index in [1.807, 2.05) is 12.1 Å². The van der Waals surface area contributed by atoms with E-state index in [0.29, 0.717) is 6.04 Å².